The number of aliphatic hydroxyl groups is 3. The van der Waals surface area contributed by atoms with Crippen LogP contribution in [0.15, 0.2) is 17.8 Å². The van der Waals surface area contributed by atoms with E-state index < -0.39 is 31.1 Å². The molecule has 23 heavy (non-hydrogen) atoms. The Balaban J connectivity index is 1.97. The van der Waals surface area contributed by atoms with Gasteiger partial charge in [-0.05, 0) is 13.8 Å². The minimum atomic E-state index is -1.20. The van der Waals surface area contributed by atoms with E-state index in [4.69, 9.17) is 4.74 Å². The molecule has 1 fully saturated rings. The molecular weight excluding hydrogens is 304 g/mol. The minimum absolute atomic E-state index is 0.395. The maximum absolute atomic E-state index is 10.1. The van der Waals surface area contributed by atoms with Gasteiger partial charge in [0, 0.05) is 5.71 Å². The number of rotatable bonds is 4. The molecule has 2 aromatic rings. The van der Waals surface area contributed by atoms with Gasteiger partial charge in [-0.2, -0.15) is 5.10 Å². The third kappa shape index (κ3) is 2.77. The molecule has 4 N–H and O–H groups in total. The first kappa shape index (κ1) is 15.7. The van der Waals surface area contributed by atoms with Gasteiger partial charge >= 0.3 is 0 Å². The number of ether oxygens (including phenoxy) is 1. The van der Waals surface area contributed by atoms with Gasteiger partial charge in [0.25, 0.3) is 0 Å². The van der Waals surface area contributed by atoms with E-state index in [1.165, 1.54) is 17.2 Å². The van der Waals surface area contributed by atoms with Crippen molar-refractivity contribution >= 4 is 22.7 Å². The van der Waals surface area contributed by atoms with Crippen LogP contribution in [-0.2, 0) is 4.74 Å². The van der Waals surface area contributed by atoms with Gasteiger partial charge in [-0.25, -0.2) is 15.0 Å². The van der Waals surface area contributed by atoms with Crippen LogP contribution >= 0.6 is 0 Å². The highest BCUT2D eigenvalue weighted by Crippen LogP contribution is 2.31. The Bertz CT molecular complexity index is 728. The van der Waals surface area contributed by atoms with Crippen LogP contribution in [0.2, 0.25) is 0 Å². The van der Waals surface area contributed by atoms with Crippen molar-refractivity contribution in [2.45, 2.75) is 38.4 Å². The van der Waals surface area contributed by atoms with Crippen molar-refractivity contribution in [3.63, 3.8) is 0 Å². The van der Waals surface area contributed by atoms with Crippen LogP contribution < -0.4 is 5.43 Å². The first-order valence-electron chi connectivity index (χ1n) is 7.09. The van der Waals surface area contributed by atoms with E-state index in [0.717, 1.165) is 5.71 Å². The largest absolute Gasteiger partial charge is 0.394 e. The number of hydrazone groups is 1. The number of anilines is 1. The molecule has 2 aromatic heterocycles. The second-order valence-corrected chi connectivity index (χ2v) is 5.45. The smallest absolute Gasteiger partial charge is 0.177 e. The Morgan fingerprint density at radius 3 is 2.74 bits per heavy atom. The van der Waals surface area contributed by atoms with Crippen molar-refractivity contribution in [3.05, 3.63) is 12.7 Å². The Labute approximate surface area is 131 Å². The molecule has 1 aliphatic rings. The summed E-state index contributed by atoms with van der Waals surface area (Å²) in [6.45, 7) is 3.28. The molecule has 0 saturated carbocycles. The lowest BCUT2D eigenvalue weighted by atomic mass is 10.1. The lowest BCUT2D eigenvalue weighted by molar-refractivity contribution is -0.0511. The zero-order valence-electron chi connectivity index (χ0n) is 12.7. The molecule has 0 bridgehead atoms. The molecule has 1 aliphatic heterocycles. The first-order chi connectivity index (χ1) is 11.0. The summed E-state index contributed by atoms with van der Waals surface area (Å²) in [4.78, 5) is 12.5. The molecule has 124 valence electrons. The van der Waals surface area contributed by atoms with Crippen LogP contribution in [0.1, 0.15) is 20.1 Å². The number of nitrogens with one attached hydrogen (secondary N) is 1. The Morgan fingerprint density at radius 1 is 1.30 bits per heavy atom. The van der Waals surface area contributed by atoms with Gasteiger partial charge in [-0.1, -0.05) is 0 Å². The van der Waals surface area contributed by atoms with Crippen LogP contribution in [0.3, 0.4) is 0 Å². The van der Waals surface area contributed by atoms with Crippen molar-refractivity contribution < 1.29 is 20.1 Å². The zero-order chi connectivity index (χ0) is 16.6. The third-order valence-electron chi connectivity index (χ3n) is 3.54. The maximum atomic E-state index is 10.1. The Morgan fingerprint density at radius 2 is 2.09 bits per heavy atom. The highest BCUT2D eigenvalue weighted by Gasteiger charge is 2.44. The summed E-state index contributed by atoms with van der Waals surface area (Å²) in [5, 5.41) is 33.2. The van der Waals surface area contributed by atoms with E-state index in [1.54, 1.807) is 0 Å². The molecule has 10 nitrogen and oxygen atoms in total. The highest BCUT2D eigenvalue weighted by molar-refractivity contribution is 5.84. The standard InChI is InChI=1S/C13H18N6O4/c1-6(2)17-18-11-8-12(15-4-14-11)19(5-16-8)13-10(22)9(21)7(3-20)23-13/h4-5,7,9-10,13,20-22H,3H2,1-2H3,(H,14,15,18). The SMILES string of the molecule is CC(C)=NNc1ncnc2c1ncn2C1OC(CO)C(O)C1O. The summed E-state index contributed by atoms with van der Waals surface area (Å²) in [7, 11) is 0. The number of aromatic nitrogens is 4. The van der Waals surface area contributed by atoms with E-state index in [-0.39, 0.29) is 0 Å². The molecule has 0 aromatic carbocycles. The second-order valence-electron chi connectivity index (χ2n) is 5.45. The second kappa shape index (κ2) is 6.16. The van der Waals surface area contributed by atoms with E-state index in [0.29, 0.717) is 17.0 Å². The van der Waals surface area contributed by atoms with Gasteiger partial charge in [0.2, 0.25) is 0 Å². The van der Waals surface area contributed by atoms with E-state index in [2.05, 4.69) is 25.5 Å². The minimum Gasteiger partial charge on any atom is -0.394 e. The van der Waals surface area contributed by atoms with Crippen LogP contribution in [0.4, 0.5) is 5.82 Å². The van der Waals surface area contributed by atoms with Crippen LogP contribution in [0, 0.1) is 0 Å². The normalized spacial score (nSPS) is 27.3. The van der Waals surface area contributed by atoms with Crippen LogP contribution in [0.25, 0.3) is 11.2 Å². The van der Waals surface area contributed by atoms with Gasteiger partial charge in [-0.3, -0.25) is 9.99 Å². The summed E-state index contributed by atoms with van der Waals surface area (Å²) in [6.07, 6.45) is -1.37. The lowest BCUT2D eigenvalue weighted by Crippen LogP contribution is -2.33. The number of fused-ring (bicyclic) bond motifs is 1. The molecule has 4 unspecified atom stereocenters. The van der Waals surface area contributed by atoms with Crippen molar-refractivity contribution in [2.24, 2.45) is 5.10 Å². The molecule has 10 heteroatoms. The fourth-order valence-electron chi connectivity index (χ4n) is 2.39. The predicted molar refractivity (Wildman–Crippen MR) is 80.7 cm³/mol. The fourth-order valence-corrected chi connectivity index (χ4v) is 2.39. The number of hydrogen-bond acceptors (Lipinski definition) is 9. The van der Waals surface area contributed by atoms with Crippen molar-refractivity contribution in [3.8, 4) is 0 Å². The summed E-state index contributed by atoms with van der Waals surface area (Å²) in [5.74, 6) is 0.418. The van der Waals surface area contributed by atoms with E-state index >= 15 is 0 Å². The Kier molecular flexibility index (Phi) is 4.22. The highest BCUT2D eigenvalue weighted by atomic mass is 16.6. The van der Waals surface area contributed by atoms with Gasteiger partial charge in [0.15, 0.2) is 23.2 Å². The predicted octanol–water partition coefficient (Wildman–Crippen LogP) is -0.755. The number of nitrogens with zero attached hydrogens (tertiary/aromatic N) is 5. The van der Waals surface area contributed by atoms with Crippen molar-refractivity contribution in [1.82, 2.24) is 19.5 Å². The molecular formula is C13H18N6O4. The molecule has 0 radical (unpaired) electrons. The van der Waals surface area contributed by atoms with Crippen LogP contribution in [0.5, 0.6) is 0 Å². The third-order valence-corrected chi connectivity index (χ3v) is 3.54. The van der Waals surface area contributed by atoms with E-state index in [9.17, 15) is 15.3 Å². The average Bonchev–Trinajstić information content (AvgIpc) is 3.08. The van der Waals surface area contributed by atoms with Crippen molar-refractivity contribution in [1.29, 1.82) is 0 Å². The maximum Gasteiger partial charge on any atom is 0.177 e. The molecule has 1 saturated heterocycles. The van der Waals surface area contributed by atoms with Gasteiger partial charge < -0.3 is 20.1 Å². The zero-order valence-corrected chi connectivity index (χ0v) is 12.7. The summed E-state index contributed by atoms with van der Waals surface area (Å²) < 4.78 is 6.98. The fraction of sp³-hybridized carbons (Fsp3) is 0.538. The molecule has 0 aliphatic carbocycles. The molecule has 3 heterocycles. The van der Waals surface area contributed by atoms with Crippen LogP contribution in [-0.4, -0.2) is 65.5 Å². The van der Waals surface area contributed by atoms with Gasteiger partial charge in [0.05, 0.1) is 12.9 Å². The number of aliphatic hydroxyl groups excluding tert-OH is 3. The number of hydrogen-bond donors (Lipinski definition) is 4. The molecule has 3 rings (SSSR count). The summed E-state index contributed by atoms with van der Waals surface area (Å²) >= 11 is 0. The molecule has 0 spiro atoms. The first-order valence-corrected chi connectivity index (χ1v) is 7.09. The summed E-state index contributed by atoms with van der Waals surface area (Å²) in [6, 6.07) is 0. The topological polar surface area (TPSA) is 138 Å². The van der Waals surface area contributed by atoms with Gasteiger partial charge in [-0.15, -0.1) is 0 Å². The molecule has 0 amide bonds. The Hall–Kier alpha value is -2.14. The molecule has 4 atom stereocenters. The quantitative estimate of drug-likeness (QED) is 0.426. The monoisotopic (exact) mass is 322 g/mol. The van der Waals surface area contributed by atoms with Crippen molar-refractivity contribution in [2.75, 3.05) is 12.0 Å². The summed E-state index contributed by atoms with van der Waals surface area (Å²) in [5.41, 5.74) is 4.49. The van der Waals surface area contributed by atoms with Gasteiger partial charge in [0.1, 0.15) is 24.6 Å². The lowest BCUT2D eigenvalue weighted by Gasteiger charge is -2.16. The average molecular weight is 322 g/mol. The van der Waals surface area contributed by atoms with E-state index in [1.807, 2.05) is 13.8 Å². The number of imidazole rings is 1.